The second-order valence-corrected chi connectivity index (χ2v) is 3.15. The number of benzene rings is 1. The van der Waals surface area contributed by atoms with Crippen molar-refractivity contribution in [2.24, 2.45) is 0 Å². The zero-order valence-corrected chi connectivity index (χ0v) is 9.94. The summed E-state index contributed by atoms with van der Waals surface area (Å²) in [6.45, 7) is -0.203. The SMILES string of the molecule is COc1cc(OC)c(OC)cc1NCC(=O)O. The van der Waals surface area contributed by atoms with Crippen molar-refractivity contribution in [3.05, 3.63) is 12.1 Å². The van der Waals surface area contributed by atoms with E-state index in [1.165, 1.54) is 21.3 Å². The predicted octanol–water partition coefficient (Wildman–Crippen LogP) is 1.21. The van der Waals surface area contributed by atoms with Gasteiger partial charge in [-0.15, -0.1) is 0 Å². The summed E-state index contributed by atoms with van der Waals surface area (Å²) in [7, 11) is 4.51. The highest BCUT2D eigenvalue weighted by Crippen LogP contribution is 2.37. The summed E-state index contributed by atoms with van der Waals surface area (Å²) >= 11 is 0. The van der Waals surface area contributed by atoms with Gasteiger partial charge in [0.05, 0.1) is 27.0 Å². The van der Waals surface area contributed by atoms with Crippen LogP contribution in [0.25, 0.3) is 0 Å². The van der Waals surface area contributed by atoms with Crippen LogP contribution >= 0.6 is 0 Å². The van der Waals surface area contributed by atoms with E-state index in [2.05, 4.69) is 5.32 Å². The number of hydrogen-bond acceptors (Lipinski definition) is 5. The first-order valence-electron chi connectivity index (χ1n) is 4.88. The van der Waals surface area contributed by atoms with Crippen LogP contribution in [0.3, 0.4) is 0 Å². The maximum absolute atomic E-state index is 10.5. The monoisotopic (exact) mass is 241 g/mol. The van der Waals surface area contributed by atoms with Crippen LogP contribution in [0.5, 0.6) is 17.2 Å². The molecule has 0 radical (unpaired) electrons. The fourth-order valence-electron chi connectivity index (χ4n) is 1.34. The zero-order valence-electron chi connectivity index (χ0n) is 9.94. The molecular weight excluding hydrogens is 226 g/mol. The van der Waals surface area contributed by atoms with Crippen molar-refractivity contribution < 1.29 is 24.1 Å². The number of carboxylic acids is 1. The van der Waals surface area contributed by atoms with E-state index in [-0.39, 0.29) is 6.54 Å². The van der Waals surface area contributed by atoms with Crippen molar-refractivity contribution in [1.29, 1.82) is 0 Å². The van der Waals surface area contributed by atoms with Crippen LogP contribution in [-0.2, 0) is 4.79 Å². The standard InChI is InChI=1S/C11H15NO5/c1-15-8-5-10(17-3)9(16-2)4-7(8)12-6-11(13)14/h4-5,12H,6H2,1-3H3,(H,13,14). The summed E-state index contributed by atoms with van der Waals surface area (Å²) in [6, 6.07) is 3.25. The number of nitrogens with one attached hydrogen (secondary N) is 1. The van der Waals surface area contributed by atoms with Gasteiger partial charge < -0.3 is 24.6 Å². The third-order valence-corrected chi connectivity index (χ3v) is 2.14. The number of ether oxygens (including phenoxy) is 3. The molecule has 0 unspecified atom stereocenters. The van der Waals surface area contributed by atoms with Gasteiger partial charge in [0, 0.05) is 12.1 Å². The van der Waals surface area contributed by atoms with Gasteiger partial charge in [-0.3, -0.25) is 4.79 Å². The molecule has 0 spiro atoms. The van der Waals surface area contributed by atoms with E-state index in [0.717, 1.165) is 0 Å². The van der Waals surface area contributed by atoms with Crippen molar-refractivity contribution in [3.63, 3.8) is 0 Å². The molecule has 2 N–H and O–H groups in total. The molecule has 0 aliphatic heterocycles. The quantitative estimate of drug-likeness (QED) is 0.779. The van der Waals surface area contributed by atoms with Crippen LogP contribution in [-0.4, -0.2) is 38.9 Å². The number of aliphatic carboxylic acids is 1. The Kier molecular flexibility index (Phi) is 4.45. The van der Waals surface area contributed by atoms with Crippen molar-refractivity contribution >= 4 is 11.7 Å². The Morgan fingerprint density at radius 2 is 1.65 bits per heavy atom. The van der Waals surface area contributed by atoms with Crippen LogP contribution in [0.4, 0.5) is 5.69 Å². The van der Waals surface area contributed by atoms with Gasteiger partial charge in [-0.05, 0) is 0 Å². The third-order valence-electron chi connectivity index (χ3n) is 2.14. The Bertz CT molecular complexity index is 405. The lowest BCUT2D eigenvalue weighted by Crippen LogP contribution is -2.13. The van der Waals surface area contributed by atoms with Gasteiger partial charge in [-0.25, -0.2) is 0 Å². The van der Waals surface area contributed by atoms with Crippen molar-refractivity contribution in [3.8, 4) is 17.2 Å². The normalized spacial score (nSPS) is 9.59. The summed E-state index contributed by atoms with van der Waals surface area (Å²) in [4.78, 5) is 10.5. The van der Waals surface area contributed by atoms with Crippen LogP contribution in [0, 0.1) is 0 Å². The molecular formula is C11H15NO5. The maximum atomic E-state index is 10.5. The van der Waals surface area contributed by atoms with Crippen LogP contribution in [0.15, 0.2) is 12.1 Å². The number of hydrogen-bond donors (Lipinski definition) is 2. The molecule has 0 aromatic heterocycles. The summed E-state index contributed by atoms with van der Waals surface area (Å²) in [6.07, 6.45) is 0. The largest absolute Gasteiger partial charge is 0.494 e. The Labute approximate surface area is 99.1 Å². The lowest BCUT2D eigenvalue weighted by Gasteiger charge is -2.14. The minimum atomic E-state index is -0.957. The Morgan fingerprint density at radius 3 is 2.12 bits per heavy atom. The second-order valence-electron chi connectivity index (χ2n) is 3.15. The number of methoxy groups -OCH3 is 3. The summed E-state index contributed by atoms with van der Waals surface area (Å²) < 4.78 is 15.4. The van der Waals surface area contributed by atoms with Gasteiger partial charge in [-0.2, -0.15) is 0 Å². The molecule has 0 fully saturated rings. The van der Waals surface area contributed by atoms with E-state index in [1.807, 2.05) is 0 Å². The molecule has 1 aromatic rings. The molecule has 6 heteroatoms. The Morgan fingerprint density at radius 1 is 1.12 bits per heavy atom. The van der Waals surface area contributed by atoms with E-state index < -0.39 is 5.97 Å². The first-order valence-corrected chi connectivity index (χ1v) is 4.88. The number of carbonyl (C=O) groups is 1. The van der Waals surface area contributed by atoms with Gasteiger partial charge in [0.1, 0.15) is 12.3 Å². The lowest BCUT2D eigenvalue weighted by molar-refractivity contribution is -0.134. The summed E-state index contributed by atoms with van der Waals surface area (Å²) in [5.41, 5.74) is 0.535. The molecule has 0 saturated carbocycles. The van der Waals surface area contributed by atoms with Gasteiger partial charge in [0.25, 0.3) is 0 Å². The molecule has 0 aliphatic carbocycles. The van der Waals surface area contributed by atoms with E-state index in [4.69, 9.17) is 19.3 Å². The molecule has 0 aliphatic rings. The third kappa shape index (κ3) is 3.17. The minimum absolute atomic E-state index is 0.203. The molecule has 0 amide bonds. The molecule has 0 atom stereocenters. The van der Waals surface area contributed by atoms with Gasteiger partial charge >= 0.3 is 5.97 Å². The van der Waals surface area contributed by atoms with Crippen LogP contribution < -0.4 is 19.5 Å². The number of anilines is 1. The predicted molar refractivity (Wildman–Crippen MR) is 62.2 cm³/mol. The lowest BCUT2D eigenvalue weighted by atomic mass is 10.2. The molecule has 17 heavy (non-hydrogen) atoms. The molecule has 1 rings (SSSR count). The van der Waals surface area contributed by atoms with Crippen molar-refractivity contribution in [2.75, 3.05) is 33.2 Å². The number of rotatable bonds is 6. The highest BCUT2D eigenvalue weighted by molar-refractivity contribution is 5.75. The molecule has 0 bridgehead atoms. The molecule has 94 valence electrons. The molecule has 0 heterocycles. The minimum Gasteiger partial charge on any atom is -0.494 e. The Balaban J connectivity index is 3.05. The van der Waals surface area contributed by atoms with E-state index in [9.17, 15) is 4.79 Å². The summed E-state index contributed by atoms with van der Waals surface area (Å²) in [5.74, 6) is 0.553. The zero-order chi connectivity index (χ0) is 12.8. The maximum Gasteiger partial charge on any atom is 0.322 e. The van der Waals surface area contributed by atoms with E-state index in [0.29, 0.717) is 22.9 Å². The van der Waals surface area contributed by atoms with E-state index >= 15 is 0 Å². The average Bonchev–Trinajstić information content (AvgIpc) is 2.34. The summed E-state index contributed by atoms with van der Waals surface area (Å²) in [5, 5.41) is 11.3. The second kappa shape index (κ2) is 5.83. The number of carboxylic acid groups (broad SMARTS) is 1. The first-order chi connectivity index (χ1) is 8.12. The molecule has 6 nitrogen and oxygen atoms in total. The van der Waals surface area contributed by atoms with Crippen LogP contribution in [0.2, 0.25) is 0 Å². The van der Waals surface area contributed by atoms with Gasteiger partial charge in [0.2, 0.25) is 0 Å². The van der Waals surface area contributed by atoms with Gasteiger partial charge in [-0.1, -0.05) is 0 Å². The topological polar surface area (TPSA) is 77.0 Å². The fraction of sp³-hybridized carbons (Fsp3) is 0.364. The highest BCUT2D eigenvalue weighted by Gasteiger charge is 2.12. The molecule has 1 aromatic carbocycles. The van der Waals surface area contributed by atoms with E-state index in [1.54, 1.807) is 12.1 Å². The molecule has 0 saturated heterocycles. The smallest absolute Gasteiger partial charge is 0.322 e. The fourth-order valence-corrected chi connectivity index (χ4v) is 1.34. The Hall–Kier alpha value is -2.11. The van der Waals surface area contributed by atoms with Crippen molar-refractivity contribution in [1.82, 2.24) is 0 Å². The highest BCUT2D eigenvalue weighted by atomic mass is 16.5. The van der Waals surface area contributed by atoms with Gasteiger partial charge in [0.15, 0.2) is 11.5 Å². The van der Waals surface area contributed by atoms with Crippen molar-refractivity contribution in [2.45, 2.75) is 0 Å². The van der Waals surface area contributed by atoms with Crippen LogP contribution in [0.1, 0.15) is 0 Å². The average molecular weight is 241 g/mol. The first kappa shape index (κ1) is 13.0.